The number of carbonyl (C=O) groups excluding carboxylic acids is 2. The number of anilines is 1. The predicted octanol–water partition coefficient (Wildman–Crippen LogP) is 2.88. The zero-order valence-electron chi connectivity index (χ0n) is 15.6. The number of rotatable bonds is 5. The minimum Gasteiger partial charge on any atom is -0.474 e. The van der Waals surface area contributed by atoms with Gasteiger partial charge in [-0.15, -0.1) is 11.6 Å². The third-order valence-corrected chi connectivity index (χ3v) is 4.76. The van der Waals surface area contributed by atoms with Crippen LogP contribution in [0.4, 0.5) is 10.1 Å². The molecular weight excluding hydrogens is 387 g/mol. The first-order valence-corrected chi connectivity index (χ1v) is 9.31. The zero-order chi connectivity index (χ0) is 20.3. The van der Waals surface area contributed by atoms with E-state index in [0.29, 0.717) is 17.8 Å². The lowest BCUT2D eigenvalue weighted by Crippen LogP contribution is -2.46. The molecule has 8 heteroatoms. The fourth-order valence-corrected chi connectivity index (χ4v) is 3.26. The molecule has 0 saturated heterocycles. The van der Waals surface area contributed by atoms with Crippen LogP contribution in [0, 0.1) is 5.82 Å². The molecular formula is C20H20ClFN2O4. The van der Waals surface area contributed by atoms with Gasteiger partial charge in [-0.1, -0.05) is 12.1 Å². The van der Waals surface area contributed by atoms with Gasteiger partial charge in [0.05, 0.1) is 25.3 Å². The van der Waals surface area contributed by atoms with Gasteiger partial charge in [-0.25, -0.2) is 9.37 Å². The Bertz CT molecular complexity index is 889. The van der Waals surface area contributed by atoms with E-state index < -0.39 is 5.97 Å². The molecule has 3 rings (SSSR count). The highest BCUT2D eigenvalue weighted by molar-refractivity contribution is 6.29. The maximum Gasteiger partial charge on any atom is 0.311 e. The monoisotopic (exact) mass is 406 g/mol. The number of amides is 1. The number of nitrogens with zero attached hydrogens (tertiary/aromatic N) is 2. The van der Waals surface area contributed by atoms with Crippen molar-refractivity contribution >= 4 is 29.2 Å². The van der Waals surface area contributed by atoms with Crippen molar-refractivity contribution in [3.63, 3.8) is 0 Å². The summed E-state index contributed by atoms with van der Waals surface area (Å²) in [5, 5.41) is 0. The van der Waals surface area contributed by atoms with Gasteiger partial charge in [0.15, 0.2) is 0 Å². The van der Waals surface area contributed by atoms with Crippen LogP contribution in [0.5, 0.6) is 5.88 Å². The molecule has 1 atom stereocenters. The van der Waals surface area contributed by atoms with E-state index in [0.717, 1.165) is 11.1 Å². The Hall–Kier alpha value is -2.67. The number of carbonyl (C=O) groups is 2. The molecule has 1 aromatic carbocycles. The topological polar surface area (TPSA) is 68.7 Å². The van der Waals surface area contributed by atoms with Gasteiger partial charge in [0.25, 0.3) is 0 Å². The van der Waals surface area contributed by atoms with Gasteiger partial charge >= 0.3 is 5.97 Å². The molecule has 0 bridgehead atoms. The lowest BCUT2D eigenvalue weighted by Gasteiger charge is -2.34. The summed E-state index contributed by atoms with van der Waals surface area (Å²) in [6, 6.07) is 7.65. The quantitative estimate of drug-likeness (QED) is 0.564. The van der Waals surface area contributed by atoms with Crippen LogP contribution in [-0.4, -0.2) is 42.5 Å². The van der Waals surface area contributed by atoms with Crippen molar-refractivity contribution in [2.75, 3.05) is 24.5 Å². The first-order chi connectivity index (χ1) is 13.4. The number of ether oxygens (including phenoxy) is 2. The number of esters is 1. The second-order valence-corrected chi connectivity index (χ2v) is 6.80. The smallest absolute Gasteiger partial charge is 0.311 e. The van der Waals surface area contributed by atoms with Crippen molar-refractivity contribution in [2.45, 2.75) is 25.8 Å². The molecule has 1 aliphatic rings. The molecule has 1 unspecified atom stereocenters. The average Bonchev–Trinajstić information content (AvgIpc) is 2.69. The summed E-state index contributed by atoms with van der Waals surface area (Å²) >= 11 is 5.77. The van der Waals surface area contributed by atoms with Crippen LogP contribution in [0.1, 0.15) is 23.7 Å². The highest BCUT2D eigenvalue weighted by Crippen LogP contribution is 2.35. The first-order valence-electron chi connectivity index (χ1n) is 8.77. The Morgan fingerprint density at radius 1 is 1.36 bits per heavy atom. The number of aromatic nitrogens is 1. The second kappa shape index (κ2) is 8.56. The summed E-state index contributed by atoms with van der Waals surface area (Å²) in [6.45, 7) is 2.13. The van der Waals surface area contributed by atoms with E-state index in [1.807, 2.05) is 6.92 Å². The fraction of sp³-hybridized carbons (Fsp3) is 0.350. The van der Waals surface area contributed by atoms with Crippen molar-refractivity contribution in [3.05, 3.63) is 53.0 Å². The van der Waals surface area contributed by atoms with Gasteiger partial charge in [-0.05, 0) is 42.7 Å². The van der Waals surface area contributed by atoms with Crippen molar-refractivity contribution in [3.8, 4) is 5.88 Å². The largest absolute Gasteiger partial charge is 0.474 e. The van der Waals surface area contributed by atoms with Gasteiger partial charge in [-0.2, -0.15) is 0 Å². The van der Waals surface area contributed by atoms with Crippen LogP contribution in [0.2, 0.25) is 0 Å². The summed E-state index contributed by atoms with van der Waals surface area (Å²) in [5.41, 5.74) is 2.56. The predicted molar refractivity (Wildman–Crippen MR) is 102 cm³/mol. The zero-order valence-corrected chi connectivity index (χ0v) is 16.3. The van der Waals surface area contributed by atoms with Gasteiger partial charge in [0.1, 0.15) is 24.0 Å². The van der Waals surface area contributed by atoms with Crippen LogP contribution in [0.25, 0.3) is 0 Å². The van der Waals surface area contributed by atoms with Crippen molar-refractivity contribution in [1.29, 1.82) is 0 Å². The molecule has 2 aromatic rings. The minimum atomic E-state index is -0.439. The lowest BCUT2D eigenvalue weighted by molar-refractivity contribution is -0.139. The third-order valence-electron chi connectivity index (χ3n) is 4.53. The minimum absolute atomic E-state index is 0.0390. The fourth-order valence-electron chi connectivity index (χ4n) is 3.13. The maximum absolute atomic E-state index is 13.2. The van der Waals surface area contributed by atoms with Gasteiger partial charge in [0.2, 0.25) is 11.8 Å². The molecule has 0 radical (unpaired) electrons. The number of methoxy groups -OCH3 is 1. The van der Waals surface area contributed by atoms with Crippen molar-refractivity contribution in [2.24, 2.45) is 0 Å². The number of hydrogen-bond donors (Lipinski definition) is 0. The molecule has 0 N–H and O–H groups in total. The number of pyridine rings is 1. The Morgan fingerprint density at radius 2 is 2.07 bits per heavy atom. The molecule has 1 aliphatic heterocycles. The highest BCUT2D eigenvalue weighted by atomic mass is 35.5. The standard InChI is InChI=1S/C20H20ClFN2O4/c1-12-11-28-20-17(24(12)18(25)10-21)8-14(16(23-20)9-19(26)27-2)7-13-3-5-15(22)6-4-13/h3-6,8,12H,7,9-11H2,1-2H3. The number of benzene rings is 1. The van der Waals surface area contributed by atoms with E-state index in [1.165, 1.54) is 19.2 Å². The van der Waals surface area contributed by atoms with Crippen LogP contribution in [0.15, 0.2) is 30.3 Å². The van der Waals surface area contributed by atoms with Crippen LogP contribution in [-0.2, 0) is 27.2 Å². The van der Waals surface area contributed by atoms with Gasteiger partial charge < -0.3 is 14.4 Å². The average molecular weight is 407 g/mol. The maximum atomic E-state index is 13.2. The number of hydrogen-bond acceptors (Lipinski definition) is 5. The number of fused-ring (bicyclic) bond motifs is 1. The third kappa shape index (κ3) is 4.25. The Morgan fingerprint density at radius 3 is 2.71 bits per heavy atom. The summed E-state index contributed by atoms with van der Waals surface area (Å²) in [6.07, 6.45) is 0.368. The Kier molecular flexibility index (Phi) is 6.14. The molecule has 2 heterocycles. The van der Waals surface area contributed by atoms with Crippen molar-refractivity contribution in [1.82, 2.24) is 4.98 Å². The van der Waals surface area contributed by atoms with Crippen molar-refractivity contribution < 1.29 is 23.5 Å². The second-order valence-electron chi connectivity index (χ2n) is 6.53. The van der Waals surface area contributed by atoms with Gasteiger partial charge in [0, 0.05) is 0 Å². The Labute approximate surface area is 167 Å². The van der Waals surface area contributed by atoms with E-state index in [2.05, 4.69) is 4.98 Å². The lowest BCUT2D eigenvalue weighted by atomic mass is 10.0. The molecule has 0 spiro atoms. The van der Waals surface area contributed by atoms with Crippen LogP contribution in [0.3, 0.4) is 0 Å². The molecule has 1 aromatic heterocycles. The molecule has 0 aliphatic carbocycles. The summed E-state index contributed by atoms with van der Waals surface area (Å²) in [4.78, 5) is 30.2. The molecule has 1 amide bonds. The Balaban J connectivity index is 2.06. The normalized spacial score (nSPS) is 15.6. The highest BCUT2D eigenvalue weighted by Gasteiger charge is 2.31. The van der Waals surface area contributed by atoms with E-state index in [-0.39, 0.29) is 42.6 Å². The van der Waals surface area contributed by atoms with E-state index in [1.54, 1.807) is 23.1 Å². The first kappa shape index (κ1) is 20.1. The summed E-state index contributed by atoms with van der Waals surface area (Å²) in [5.74, 6) is -0.915. The number of halogens is 2. The summed E-state index contributed by atoms with van der Waals surface area (Å²) < 4.78 is 23.7. The SMILES string of the molecule is COC(=O)Cc1nc2c(cc1Cc1ccc(F)cc1)N(C(=O)CCl)C(C)CO2. The molecule has 6 nitrogen and oxygen atoms in total. The molecule has 148 valence electrons. The molecule has 28 heavy (non-hydrogen) atoms. The van der Waals surface area contributed by atoms with E-state index >= 15 is 0 Å². The summed E-state index contributed by atoms with van der Waals surface area (Å²) in [7, 11) is 1.30. The molecule has 0 fully saturated rings. The van der Waals surface area contributed by atoms with Gasteiger partial charge in [-0.3, -0.25) is 9.59 Å². The van der Waals surface area contributed by atoms with Crippen LogP contribution >= 0.6 is 11.6 Å². The number of alkyl halides is 1. The van der Waals surface area contributed by atoms with E-state index in [4.69, 9.17) is 21.1 Å². The molecule has 0 saturated carbocycles. The van der Waals surface area contributed by atoms with E-state index in [9.17, 15) is 14.0 Å². The van der Waals surface area contributed by atoms with Crippen LogP contribution < -0.4 is 9.64 Å².